The van der Waals surface area contributed by atoms with Gasteiger partial charge in [0.1, 0.15) is 0 Å². The Kier molecular flexibility index (Phi) is 2.21. The number of rotatable bonds is 2. The van der Waals surface area contributed by atoms with Crippen molar-refractivity contribution in [1.29, 1.82) is 0 Å². The lowest BCUT2D eigenvalue weighted by molar-refractivity contribution is 0.249. The van der Waals surface area contributed by atoms with Crippen LogP contribution in [0.4, 0.5) is 0 Å². The van der Waals surface area contributed by atoms with Crippen LogP contribution in [0.15, 0.2) is 0 Å². The van der Waals surface area contributed by atoms with Gasteiger partial charge >= 0.3 is 0 Å². The second kappa shape index (κ2) is 2.25. The van der Waals surface area contributed by atoms with Crippen LogP contribution in [0, 0.1) is 0 Å². The number of hydrogen-bond donors (Lipinski definition) is 0. The molecule has 0 atom stereocenters. The maximum absolute atomic E-state index is 9.77. The van der Waals surface area contributed by atoms with Gasteiger partial charge in [-0.1, -0.05) is 0 Å². The van der Waals surface area contributed by atoms with Crippen molar-refractivity contribution in [1.82, 2.24) is 5.14 Å². The third-order valence-electron chi connectivity index (χ3n) is 0.273. The quantitative estimate of drug-likeness (QED) is 0.484. The van der Waals surface area contributed by atoms with Crippen LogP contribution in [0.5, 0.6) is 0 Å². The van der Waals surface area contributed by atoms with Crippen LogP contribution in [0.2, 0.25) is 0 Å². The Morgan fingerprint density at radius 3 is 2.14 bits per heavy atom. The summed E-state index contributed by atoms with van der Waals surface area (Å²) in [6.07, 6.45) is 0. The highest BCUT2D eigenvalue weighted by molar-refractivity contribution is 7.88. The molecule has 43 valence electrons. The first-order valence-electron chi connectivity index (χ1n) is 1.52. The summed E-state index contributed by atoms with van der Waals surface area (Å²) in [6, 6.07) is 0. The molecule has 0 saturated carbocycles. The maximum atomic E-state index is 9.77. The van der Waals surface area contributed by atoms with Gasteiger partial charge in [0.25, 0.3) is 0 Å². The fourth-order valence-corrected chi connectivity index (χ4v) is 0.465. The molecule has 0 fully saturated rings. The Labute approximate surface area is 42.3 Å². The average Bonchev–Trinajstić information content (AvgIpc) is 1.30. The van der Waals surface area contributed by atoms with E-state index >= 15 is 0 Å². The van der Waals surface area contributed by atoms with Crippen molar-refractivity contribution in [3.63, 3.8) is 0 Å². The van der Waals surface area contributed by atoms with E-state index in [0.29, 0.717) is 0 Å². The van der Waals surface area contributed by atoms with Crippen LogP contribution < -0.4 is 5.14 Å². The van der Waals surface area contributed by atoms with Crippen molar-refractivity contribution in [3.05, 3.63) is 0 Å². The number of methoxy groups -OCH3 is 1. The summed E-state index contributed by atoms with van der Waals surface area (Å²) in [7, 11) is -2.42. The van der Waals surface area contributed by atoms with Crippen LogP contribution in [-0.2, 0) is 14.8 Å². The van der Waals surface area contributed by atoms with Crippen molar-refractivity contribution >= 4 is 10.0 Å². The Hall–Kier alpha value is -0.130. The van der Waals surface area contributed by atoms with Gasteiger partial charge in [0, 0.05) is 7.11 Å². The highest BCUT2D eigenvalue weighted by Gasteiger charge is 1.98. The van der Waals surface area contributed by atoms with E-state index in [-0.39, 0.29) is 0 Å². The summed E-state index contributed by atoms with van der Waals surface area (Å²) < 4.78 is 23.7. The SMILES string of the molecule is COCS([NH])(=O)=O. The van der Waals surface area contributed by atoms with Gasteiger partial charge in [-0.15, -0.1) is 5.14 Å². The molecular weight excluding hydrogens is 118 g/mol. The number of hydrogen-bond acceptors (Lipinski definition) is 3. The van der Waals surface area contributed by atoms with E-state index < -0.39 is 16.0 Å². The minimum Gasteiger partial charge on any atom is -0.367 e. The van der Waals surface area contributed by atoms with Crippen molar-refractivity contribution < 1.29 is 13.2 Å². The second-order valence-corrected chi connectivity index (χ2v) is 2.49. The molecule has 0 amide bonds. The van der Waals surface area contributed by atoms with Gasteiger partial charge in [-0.2, -0.15) is 0 Å². The Bertz CT molecular complexity index is 126. The standard InChI is InChI=1S/C2H6NO3S/c1-6-2-7(3,4)5/h3H,2H2,1H3. The van der Waals surface area contributed by atoms with Crippen molar-refractivity contribution in [2.24, 2.45) is 0 Å². The predicted molar refractivity (Wildman–Crippen MR) is 23.9 cm³/mol. The monoisotopic (exact) mass is 124 g/mol. The smallest absolute Gasteiger partial charge is 0.249 e. The Balaban J connectivity index is 3.60. The highest BCUT2D eigenvalue weighted by Crippen LogP contribution is 1.76. The van der Waals surface area contributed by atoms with E-state index in [1.54, 1.807) is 0 Å². The van der Waals surface area contributed by atoms with Gasteiger partial charge in [0.15, 0.2) is 5.94 Å². The average molecular weight is 124 g/mol. The second-order valence-electron chi connectivity index (χ2n) is 1.02. The van der Waals surface area contributed by atoms with Crippen LogP contribution in [0.1, 0.15) is 0 Å². The fourth-order valence-electron chi connectivity index (χ4n) is 0.155. The zero-order valence-electron chi connectivity index (χ0n) is 3.84. The molecule has 0 aliphatic heterocycles. The third-order valence-corrected chi connectivity index (χ3v) is 0.819. The first kappa shape index (κ1) is 6.87. The van der Waals surface area contributed by atoms with Gasteiger partial charge in [0.05, 0.1) is 0 Å². The fraction of sp³-hybridized carbons (Fsp3) is 1.00. The molecule has 0 aromatic carbocycles. The largest absolute Gasteiger partial charge is 0.367 e. The normalized spacial score (nSPS) is 11.7. The molecule has 0 aliphatic rings. The van der Waals surface area contributed by atoms with Crippen LogP contribution in [-0.4, -0.2) is 21.5 Å². The van der Waals surface area contributed by atoms with Gasteiger partial charge in [-0.25, -0.2) is 8.42 Å². The zero-order chi connectivity index (χ0) is 5.91. The molecule has 4 nitrogen and oxygen atoms in total. The lowest BCUT2D eigenvalue weighted by Crippen LogP contribution is -2.06. The number of ether oxygens (including phenoxy) is 1. The van der Waals surface area contributed by atoms with Gasteiger partial charge < -0.3 is 4.74 Å². The van der Waals surface area contributed by atoms with Crippen LogP contribution >= 0.6 is 0 Å². The lowest BCUT2D eigenvalue weighted by atomic mass is 11.5. The summed E-state index contributed by atoms with van der Waals surface area (Å²) in [6.45, 7) is 0. The van der Waals surface area contributed by atoms with Crippen molar-refractivity contribution in [3.8, 4) is 0 Å². The first-order chi connectivity index (χ1) is 3.06. The topological polar surface area (TPSA) is 67.2 Å². The Morgan fingerprint density at radius 1 is 1.71 bits per heavy atom. The predicted octanol–water partition coefficient (Wildman–Crippen LogP) is -0.797. The van der Waals surface area contributed by atoms with Crippen LogP contribution in [0.3, 0.4) is 0 Å². The Morgan fingerprint density at radius 2 is 2.14 bits per heavy atom. The van der Waals surface area contributed by atoms with Crippen molar-refractivity contribution in [2.75, 3.05) is 13.0 Å². The van der Waals surface area contributed by atoms with E-state index in [2.05, 4.69) is 4.74 Å². The van der Waals surface area contributed by atoms with E-state index in [1.807, 2.05) is 0 Å². The van der Waals surface area contributed by atoms with Gasteiger partial charge in [-0.05, 0) is 0 Å². The number of nitrogens with one attached hydrogen (secondary N) is 1. The van der Waals surface area contributed by atoms with E-state index in [1.165, 1.54) is 7.11 Å². The van der Waals surface area contributed by atoms with Crippen molar-refractivity contribution in [2.45, 2.75) is 0 Å². The van der Waals surface area contributed by atoms with Gasteiger partial charge in [-0.3, -0.25) is 0 Å². The molecule has 0 spiro atoms. The summed E-state index contributed by atoms with van der Waals surface area (Å²) in [5.41, 5.74) is 0. The molecule has 0 saturated heterocycles. The highest BCUT2D eigenvalue weighted by atomic mass is 32.2. The molecule has 5 heteroatoms. The molecule has 0 rings (SSSR count). The minimum atomic E-state index is -3.65. The van der Waals surface area contributed by atoms with E-state index in [0.717, 1.165) is 0 Å². The number of sulfonamides is 1. The lowest BCUT2D eigenvalue weighted by Gasteiger charge is -1.88. The maximum Gasteiger partial charge on any atom is 0.249 e. The zero-order valence-corrected chi connectivity index (χ0v) is 4.66. The molecule has 1 N–H and O–H groups in total. The summed E-state index contributed by atoms with van der Waals surface area (Å²) >= 11 is 0. The molecule has 0 aliphatic carbocycles. The molecule has 0 aromatic rings. The van der Waals surface area contributed by atoms with Crippen LogP contribution in [0.25, 0.3) is 0 Å². The molecule has 0 heterocycles. The molecular formula is C2H6NO3S. The van der Waals surface area contributed by atoms with E-state index in [4.69, 9.17) is 5.14 Å². The molecule has 7 heavy (non-hydrogen) atoms. The first-order valence-corrected chi connectivity index (χ1v) is 3.18. The summed E-state index contributed by atoms with van der Waals surface area (Å²) in [5, 5.41) is 6.18. The molecule has 0 aromatic heterocycles. The third kappa shape index (κ3) is 5.87. The summed E-state index contributed by atoms with van der Waals surface area (Å²) in [5.74, 6) is -0.521. The molecule has 1 radical (unpaired) electrons. The molecule has 0 bridgehead atoms. The molecule has 0 unspecified atom stereocenters. The summed E-state index contributed by atoms with van der Waals surface area (Å²) in [4.78, 5) is 0. The minimum absolute atomic E-state index is 0.521. The van der Waals surface area contributed by atoms with Gasteiger partial charge in [0.2, 0.25) is 10.0 Å². The van der Waals surface area contributed by atoms with E-state index in [9.17, 15) is 8.42 Å².